The molecule has 0 aromatic heterocycles. The molecule has 0 aliphatic heterocycles. The molecule has 0 radical (unpaired) electrons. The van der Waals surface area contributed by atoms with Crippen LogP contribution in [0.4, 0.5) is 11.4 Å². The highest BCUT2D eigenvalue weighted by Crippen LogP contribution is 2.31. The Bertz CT molecular complexity index is 430. The van der Waals surface area contributed by atoms with Crippen LogP contribution in [0, 0.1) is 17.2 Å². The minimum absolute atomic E-state index is 0.374. The van der Waals surface area contributed by atoms with Gasteiger partial charge in [-0.2, -0.15) is 5.26 Å². The maximum absolute atomic E-state index is 8.73. The first-order chi connectivity index (χ1) is 8.20. The Morgan fingerprint density at radius 2 is 2.29 bits per heavy atom. The van der Waals surface area contributed by atoms with Gasteiger partial charge < -0.3 is 11.1 Å². The molecule has 3 N–H and O–H groups in total. The molecule has 1 unspecified atom stereocenters. The smallest absolute Gasteiger partial charge is 0.0670 e. The number of benzene rings is 1. The molecule has 90 valence electrons. The zero-order valence-corrected chi connectivity index (χ0v) is 10.2. The molecule has 3 heteroatoms. The molecular weight excluding hydrogens is 210 g/mol. The van der Waals surface area contributed by atoms with Crippen molar-refractivity contribution in [2.45, 2.75) is 38.6 Å². The van der Waals surface area contributed by atoms with Gasteiger partial charge in [-0.3, -0.25) is 0 Å². The molecule has 0 heterocycles. The van der Waals surface area contributed by atoms with Gasteiger partial charge in [0.05, 0.1) is 12.5 Å². The highest BCUT2D eigenvalue weighted by Gasteiger charge is 2.23. The Morgan fingerprint density at radius 1 is 1.53 bits per heavy atom. The van der Waals surface area contributed by atoms with Crippen LogP contribution in [-0.4, -0.2) is 6.04 Å². The van der Waals surface area contributed by atoms with Crippen LogP contribution in [0.2, 0.25) is 0 Å². The van der Waals surface area contributed by atoms with Crippen LogP contribution in [0.3, 0.4) is 0 Å². The molecule has 1 atom stereocenters. The van der Waals surface area contributed by atoms with E-state index in [0.29, 0.717) is 18.2 Å². The summed E-state index contributed by atoms with van der Waals surface area (Å²) in [5.74, 6) is 0.798. The van der Waals surface area contributed by atoms with Crippen LogP contribution in [0.25, 0.3) is 0 Å². The summed E-state index contributed by atoms with van der Waals surface area (Å²) < 4.78 is 0. The van der Waals surface area contributed by atoms with E-state index in [2.05, 4.69) is 18.3 Å². The van der Waals surface area contributed by atoms with E-state index < -0.39 is 0 Å². The number of anilines is 2. The molecule has 1 aliphatic carbocycles. The van der Waals surface area contributed by atoms with Crippen molar-refractivity contribution in [2.24, 2.45) is 5.92 Å². The van der Waals surface area contributed by atoms with Crippen molar-refractivity contribution >= 4 is 11.4 Å². The number of hydrogen-bond donors (Lipinski definition) is 2. The van der Waals surface area contributed by atoms with E-state index in [0.717, 1.165) is 17.2 Å². The van der Waals surface area contributed by atoms with Gasteiger partial charge in [-0.15, -0.1) is 0 Å². The van der Waals surface area contributed by atoms with Gasteiger partial charge in [-0.1, -0.05) is 6.42 Å². The Labute approximate surface area is 103 Å². The zero-order chi connectivity index (χ0) is 12.3. The summed E-state index contributed by atoms with van der Waals surface area (Å²) in [6.07, 6.45) is 4.39. The van der Waals surface area contributed by atoms with Crippen molar-refractivity contribution in [2.75, 3.05) is 11.1 Å². The number of hydrogen-bond acceptors (Lipinski definition) is 3. The van der Waals surface area contributed by atoms with E-state index >= 15 is 0 Å². The number of nitriles is 1. The standard InChI is InChI=1S/C14H19N3/c1-10(11-3-2-4-11)17-13-5-6-14(16)12(9-13)7-8-15/h5-6,9-11,17H,2-4,7,16H2,1H3. The normalized spacial score (nSPS) is 16.9. The fraction of sp³-hybridized carbons (Fsp3) is 0.500. The molecule has 1 saturated carbocycles. The number of nitrogens with zero attached hydrogens (tertiary/aromatic N) is 1. The molecule has 0 spiro atoms. The van der Waals surface area contributed by atoms with Crippen LogP contribution < -0.4 is 11.1 Å². The highest BCUT2D eigenvalue weighted by molar-refractivity contribution is 5.58. The lowest BCUT2D eigenvalue weighted by molar-refractivity contribution is 0.285. The molecule has 0 saturated heterocycles. The minimum Gasteiger partial charge on any atom is -0.398 e. The third-order valence-electron chi connectivity index (χ3n) is 3.66. The first-order valence-corrected chi connectivity index (χ1v) is 6.22. The van der Waals surface area contributed by atoms with Crippen molar-refractivity contribution in [3.8, 4) is 6.07 Å². The lowest BCUT2D eigenvalue weighted by Crippen LogP contribution is -2.30. The molecule has 1 fully saturated rings. The summed E-state index contributed by atoms with van der Waals surface area (Å²) in [5.41, 5.74) is 8.51. The topological polar surface area (TPSA) is 61.8 Å². The summed E-state index contributed by atoms with van der Waals surface area (Å²) in [6, 6.07) is 8.51. The molecule has 3 nitrogen and oxygen atoms in total. The molecular formula is C14H19N3. The average Bonchev–Trinajstić information content (AvgIpc) is 2.20. The number of rotatable bonds is 4. The quantitative estimate of drug-likeness (QED) is 0.780. The van der Waals surface area contributed by atoms with Gasteiger partial charge in [0.25, 0.3) is 0 Å². The second-order valence-corrected chi connectivity index (χ2v) is 4.87. The van der Waals surface area contributed by atoms with Crippen molar-refractivity contribution in [3.05, 3.63) is 23.8 Å². The Morgan fingerprint density at radius 3 is 2.88 bits per heavy atom. The van der Waals surface area contributed by atoms with Crippen molar-refractivity contribution in [3.63, 3.8) is 0 Å². The van der Waals surface area contributed by atoms with Crippen LogP contribution in [0.5, 0.6) is 0 Å². The van der Waals surface area contributed by atoms with Gasteiger partial charge in [0.1, 0.15) is 0 Å². The van der Waals surface area contributed by atoms with Crippen LogP contribution in [0.1, 0.15) is 31.7 Å². The van der Waals surface area contributed by atoms with Gasteiger partial charge in [0, 0.05) is 17.4 Å². The number of nitrogen functional groups attached to an aromatic ring is 1. The molecule has 0 bridgehead atoms. The summed E-state index contributed by atoms with van der Waals surface area (Å²) in [6.45, 7) is 2.23. The fourth-order valence-corrected chi connectivity index (χ4v) is 2.25. The zero-order valence-electron chi connectivity index (χ0n) is 10.2. The number of nitrogens with one attached hydrogen (secondary N) is 1. The number of nitrogens with two attached hydrogens (primary N) is 1. The van der Waals surface area contributed by atoms with Gasteiger partial charge in [0.15, 0.2) is 0 Å². The van der Waals surface area contributed by atoms with Gasteiger partial charge >= 0.3 is 0 Å². The van der Waals surface area contributed by atoms with Crippen LogP contribution >= 0.6 is 0 Å². The second-order valence-electron chi connectivity index (χ2n) is 4.87. The molecule has 17 heavy (non-hydrogen) atoms. The largest absolute Gasteiger partial charge is 0.398 e. The second kappa shape index (κ2) is 5.09. The van der Waals surface area contributed by atoms with Crippen molar-refractivity contribution in [1.82, 2.24) is 0 Å². The first kappa shape index (κ1) is 11.8. The summed E-state index contributed by atoms with van der Waals surface area (Å²) in [7, 11) is 0. The molecule has 0 amide bonds. The van der Waals surface area contributed by atoms with Crippen LogP contribution in [0.15, 0.2) is 18.2 Å². The van der Waals surface area contributed by atoms with Crippen LogP contribution in [-0.2, 0) is 6.42 Å². The molecule has 1 aliphatic rings. The molecule has 1 aromatic carbocycles. The maximum Gasteiger partial charge on any atom is 0.0670 e. The lowest BCUT2D eigenvalue weighted by Gasteiger charge is -2.32. The summed E-state index contributed by atoms with van der Waals surface area (Å²) in [5, 5.41) is 12.2. The Kier molecular flexibility index (Phi) is 3.53. The lowest BCUT2D eigenvalue weighted by atomic mass is 9.80. The average molecular weight is 229 g/mol. The van der Waals surface area contributed by atoms with Crippen molar-refractivity contribution in [1.29, 1.82) is 5.26 Å². The van der Waals surface area contributed by atoms with Gasteiger partial charge in [0.2, 0.25) is 0 Å². The van der Waals surface area contributed by atoms with E-state index in [9.17, 15) is 0 Å². The van der Waals surface area contributed by atoms with Crippen molar-refractivity contribution < 1.29 is 0 Å². The third-order valence-corrected chi connectivity index (χ3v) is 3.66. The predicted octanol–water partition coefficient (Wildman–Crippen LogP) is 2.94. The van der Waals surface area contributed by atoms with E-state index in [-0.39, 0.29) is 0 Å². The monoisotopic (exact) mass is 229 g/mol. The van der Waals surface area contributed by atoms with E-state index in [1.54, 1.807) is 0 Å². The molecule has 1 aromatic rings. The maximum atomic E-state index is 8.73. The first-order valence-electron chi connectivity index (χ1n) is 6.22. The van der Waals surface area contributed by atoms with E-state index in [1.165, 1.54) is 19.3 Å². The summed E-state index contributed by atoms with van der Waals surface area (Å²) >= 11 is 0. The fourth-order valence-electron chi connectivity index (χ4n) is 2.25. The Hall–Kier alpha value is -1.69. The highest BCUT2D eigenvalue weighted by atomic mass is 14.9. The predicted molar refractivity (Wildman–Crippen MR) is 70.6 cm³/mol. The minimum atomic E-state index is 0.374. The summed E-state index contributed by atoms with van der Waals surface area (Å²) in [4.78, 5) is 0. The molecule has 2 rings (SSSR count). The van der Waals surface area contributed by atoms with Gasteiger partial charge in [-0.05, 0) is 49.4 Å². The third kappa shape index (κ3) is 2.71. The van der Waals surface area contributed by atoms with E-state index in [4.69, 9.17) is 11.0 Å². The van der Waals surface area contributed by atoms with E-state index in [1.807, 2.05) is 18.2 Å². The van der Waals surface area contributed by atoms with Gasteiger partial charge in [-0.25, -0.2) is 0 Å². The Balaban J connectivity index is 2.05. The SMILES string of the molecule is CC(Nc1ccc(N)c(CC#N)c1)C1CCC1.